The highest BCUT2D eigenvalue weighted by molar-refractivity contribution is 5.61. The minimum atomic E-state index is 0.229. The highest BCUT2D eigenvalue weighted by atomic mass is 15.4. The summed E-state index contributed by atoms with van der Waals surface area (Å²) in [6.07, 6.45) is 2.19. The van der Waals surface area contributed by atoms with Gasteiger partial charge in [-0.3, -0.25) is 5.10 Å². The molecule has 0 saturated carbocycles. The van der Waals surface area contributed by atoms with Gasteiger partial charge in [-0.05, 0) is 32.3 Å². The SMILES string of the molecule is Cc1ccc(-c2nc(N3CCCC(N)C3)n[nH]2)c(C)c1. The third kappa shape index (κ3) is 2.54. The number of H-pyrrole nitrogens is 1. The van der Waals surface area contributed by atoms with Gasteiger partial charge < -0.3 is 10.6 Å². The van der Waals surface area contributed by atoms with Crippen molar-refractivity contribution in [2.24, 2.45) is 5.73 Å². The standard InChI is InChI=1S/C15H21N5/c1-10-5-6-13(11(2)8-10)14-17-15(19-18-14)20-7-3-4-12(16)9-20/h5-6,8,12H,3-4,7,9,16H2,1-2H3,(H,17,18,19). The molecule has 5 heteroatoms. The van der Waals surface area contributed by atoms with Crippen molar-refractivity contribution < 1.29 is 0 Å². The van der Waals surface area contributed by atoms with E-state index in [1.165, 1.54) is 11.1 Å². The van der Waals surface area contributed by atoms with E-state index in [9.17, 15) is 0 Å². The van der Waals surface area contributed by atoms with Gasteiger partial charge in [0.1, 0.15) is 0 Å². The molecule has 1 aromatic heterocycles. The molecule has 0 amide bonds. The zero-order chi connectivity index (χ0) is 14.1. The van der Waals surface area contributed by atoms with Crippen LogP contribution in [-0.4, -0.2) is 34.3 Å². The number of aromatic nitrogens is 3. The lowest BCUT2D eigenvalue weighted by molar-refractivity contribution is 0.500. The quantitative estimate of drug-likeness (QED) is 0.876. The van der Waals surface area contributed by atoms with E-state index in [0.29, 0.717) is 0 Å². The molecule has 1 atom stereocenters. The number of aryl methyl sites for hydroxylation is 2. The lowest BCUT2D eigenvalue weighted by Crippen LogP contribution is -2.43. The normalized spacial score (nSPS) is 19.4. The predicted molar refractivity (Wildman–Crippen MR) is 80.7 cm³/mol. The Bertz CT molecular complexity index is 604. The summed E-state index contributed by atoms with van der Waals surface area (Å²) < 4.78 is 0. The highest BCUT2D eigenvalue weighted by Gasteiger charge is 2.20. The van der Waals surface area contributed by atoms with Gasteiger partial charge in [0.2, 0.25) is 5.95 Å². The molecule has 1 fully saturated rings. The molecule has 1 unspecified atom stereocenters. The Balaban J connectivity index is 1.86. The van der Waals surface area contributed by atoms with Gasteiger partial charge in [-0.25, -0.2) is 0 Å². The van der Waals surface area contributed by atoms with Crippen LogP contribution in [-0.2, 0) is 0 Å². The van der Waals surface area contributed by atoms with Gasteiger partial charge in [-0.1, -0.05) is 23.8 Å². The van der Waals surface area contributed by atoms with Gasteiger partial charge in [0, 0.05) is 24.7 Å². The van der Waals surface area contributed by atoms with Gasteiger partial charge >= 0.3 is 0 Å². The van der Waals surface area contributed by atoms with Crippen LogP contribution in [0.5, 0.6) is 0 Å². The highest BCUT2D eigenvalue weighted by Crippen LogP contribution is 2.23. The van der Waals surface area contributed by atoms with Crippen LogP contribution in [0.15, 0.2) is 18.2 Å². The largest absolute Gasteiger partial charge is 0.338 e. The number of nitrogens with two attached hydrogens (primary N) is 1. The molecule has 0 radical (unpaired) electrons. The van der Waals surface area contributed by atoms with Crippen LogP contribution in [0, 0.1) is 13.8 Å². The molecule has 3 rings (SSSR count). The molecule has 2 aromatic rings. The Labute approximate surface area is 119 Å². The zero-order valence-electron chi connectivity index (χ0n) is 12.1. The van der Waals surface area contributed by atoms with Crippen LogP contribution in [0.4, 0.5) is 5.95 Å². The van der Waals surface area contributed by atoms with Crippen molar-refractivity contribution in [3.8, 4) is 11.4 Å². The number of benzene rings is 1. The van der Waals surface area contributed by atoms with Crippen molar-refractivity contribution in [3.63, 3.8) is 0 Å². The minimum Gasteiger partial charge on any atom is -0.338 e. The number of hydrogen-bond donors (Lipinski definition) is 2. The number of piperidine rings is 1. The van der Waals surface area contributed by atoms with Crippen LogP contribution in [0.25, 0.3) is 11.4 Å². The molecule has 0 bridgehead atoms. The van der Waals surface area contributed by atoms with E-state index < -0.39 is 0 Å². The molecule has 0 spiro atoms. The van der Waals surface area contributed by atoms with E-state index >= 15 is 0 Å². The number of nitrogens with one attached hydrogen (secondary N) is 1. The summed E-state index contributed by atoms with van der Waals surface area (Å²) in [6, 6.07) is 6.58. The number of rotatable bonds is 2. The average molecular weight is 271 g/mol. The molecule has 2 heterocycles. The van der Waals surface area contributed by atoms with Crippen molar-refractivity contribution >= 4 is 5.95 Å². The Hall–Kier alpha value is -1.88. The zero-order valence-corrected chi connectivity index (χ0v) is 12.1. The average Bonchev–Trinajstić information content (AvgIpc) is 2.88. The van der Waals surface area contributed by atoms with Gasteiger partial charge in [0.05, 0.1) is 0 Å². The maximum absolute atomic E-state index is 6.01. The summed E-state index contributed by atoms with van der Waals surface area (Å²) in [5.41, 5.74) is 9.59. The van der Waals surface area contributed by atoms with Crippen molar-refractivity contribution in [3.05, 3.63) is 29.3 Å². The molecule has 5 nitrogen and oxygen atoms in total. The molecule has 1 aromatic carbocycles. The minimum absolute atomic E-state index is 0.229. The topological polar surface area (TPSA) is 70.8 Å². The summed E-state index contributed by atoms with van der Waals surface area (Å²) in [7, 11) is 0. The third-order valence-corrected chi connectivity index (χ3v) is 3.85. The van der Waals surface area contributed by atoms with Gasteiger partial charge in [-0.2, -0.15) is 4.98 Å². The summed E-state index contributed by atoms with van der Waals surface area (Å²) in [4.78, 5) is 6.80. The lowest BCUT2D eigenvalue weighted by atomic mass is 10.1. The molecule has 20 heavy (non-hydrogen) atoms. The van der Waals surface area contributed by atoms with Crippen molar-refractivity contribution in [2.45, 2.75) is 32.7 Å². The van der Waals surface area contributed by atoms with Crippen LogP contribution >= 0.6 is 0 Å². The second-order valence-electron chi connectivity index (χ2n) is 5.65. The Morgan fingerprint density at radius 3 is 2.95 bits per heavy atom. The molecule has 1 aliphatic heterocycles. The van der Waals surface area contributed by atoms with Crippen LogP contribution in [0.3, 0.4) is 0 Å². The first kappa shape index (κ1) is 13.1. The van der Waals surface area contributed by atoms with E-state index in [2.05, 4.69) is 52.1 Å². The second kappa shape index (κ2) is 5.25. The maximum Gasteiger partial charge on any atom is 0.245 e. The van der Waals surface area contributed by atoms with E-state index in [1.54, 1.807) is 0 Å². The van der Waals surface area contributed by atoms with E-state index in [1.807, 2.05) is 0 Å². The predicted octanol–water partition coefficient (Wildman–Crippen LogP) is 2.02. The second-order valence-corrected chi connectivity index (χ2v) is 5.65. The number of hydrogen-bond acceptors (Lipinski definition) is 4. The fourth-order valence-electron chi connectivity index (χ4n) is 2.79. The molecule has 0 aliphatic carbocycles. The van der Waals surface area contributed by atoms with Crippen molar-refractivity contribution in [1.29, 1.82) is 0 Å². The summed E-state index contributed by atoms with van der Waals surface area (Å²) >= 11 is 0. The van der Waals surface area contributed by atoms with Gasteiger partial charge in [-0.15, -0.1) is 5.10 Å². The molecule has 3 N–H and O–H groups in total. The summed E-state index contributed by atoms with van der Waals surface area (Å²) in [6.45, 7) is 6.01. The molecule has 1 saturated heterocycles. The van der Waals surface area contributed by atoms with Crippen LogP contribution < -0.4 is 10.6 Å². The maximum atomic E-state index is 6.01. The molecule has 1 aliphatic rings. The molecular weight excluding hydrogens is 250 g/mol. The first-order chi connectivity index (χ1) is 9.63. The summed E-state index contributed by atoms with van der Waals surface area (Å²) in [5, 5.41) is 7.40. The Kier molecular flexibility index (Phi) is 3.44. The number of nitrogens with zero attached hydrogens (tertiary/aromatic N) is 3. The van der Waals surface area contributed by atoms with Crippen LogP contribution in [0.2, 0.25) is 0 Å². The van der Waals surface area contributed by atoms with Gasteiger partial charge in [0.15, 0.2) is 5.82 Å². The number of anilines is 1. The van der Waals surface area contributed by atoms with Crippen molar-refractivity contribution in [1.82, 2.24) is 15.2 Å². The van der Waals surface area contributed by atoms with E-state index in [4.69, 9.17) is 5.73 Å². The first-order valence-corrected chi connectivity index (χ1v) is 7.14. The monoisotopic (exact) mass is 271 g/mol. The van der Waals surface area contributed by atoms with Crippen molar-refractivity contribution in [2.75, 3.05) is 18.0 Å². The Morgan fingerprint density at radius 2 is 2.20 bits per heavy atom. The summed E-state index contributed by atoms with van der Waals surface area (Å²) in [5.74, 6) is 1.59. The Morgan fingerprint density at radius 1 is 1.35 bits per heavy atom. The lowest BCUT2D eigenvalue weighted by Gasteiger charge is -2.29. The van der Waals surface area contributed by atoms with Gasteiger partial charge in [0.25, 0.3) is 0 Å². The van der Waals surface area contributed by atoms with E-state index in [-0.39, 0.29) is 6.04 Å². The van der Waals surface area contributed by atoms with E-state index in [0.717, 1.165) is 43.3 Å². The molecular formula is C15H21N5. The third-order valence-electron chi connectivity index (χ3n) is 3.85. The molecule has 106 valence electrons. The van der Waals surface area contributed by atoms with Crippen LogP contribution in [0.1, 0.15) is 24.0 Å². The first-order valence-electron chi connectivity index (χ1n) is 7.14. The number of aromatic amines is 1. The fraction of sp³-hybridized carbons (Fsp3) is 0.467. The smallest absolute Gasteiger partial charge is 0.245 e. The fourth-order valence-corrected chi connectivity index (χ4v) is 2.79.